The number of hydrogen-bond acceptors (Lipinski definition) is 2. The summed E-state index contributed by atoms with van der Waals surface area (Å²) in [5.41, 5.74) is 0. The summed E-state index contributed by atoms with van der Waals surface area (Å²) >= 11 is 3.19. The molecule has 0 saturated heterocycles. The summed E-state index contributed by atoms with van der Waals surface area (Å²) in [5, 5.41) is 0.649. The Hall–Kier alpha value is -0.300. The molecule has 96 valence electrons. The van der Waals surface area contributed by atoms with Crippen LogP contribution in [0.5, 0.6) is 0 Å². The molecular formula is C9H15BrF3NO2. The van der Waals surface area contributed by atoms with Crippen LogP contribution in [0.1, 0.15) is 13.3 Å². The second-order valence-electron chi connectivity index (χ2n) is 3.08. The molecule has 0 bridgehead atoms. The summed E-state index contributed by atoms with van der Waals surface area (Å²) in [7, 11) is 0. The minimum atomic E-state index is -4.33. The smallest absolute Gasteiger partial charge is 0.372 e. The Labute approximate surface area is 101 Å². The van der Waals surface area contributed by atoms with Crippen molar-refractivity contribution in [3.8, 4) is 0 Å². The topological polar surface area (TPSA) is 29.5 Å². The summed E-state index contributed by atoms with van der Waals surface area (Å²) in [6.07, 6.45) is -4.35. The van der Waals surface area contributed by atoms with Gasteiger partial charge in [-0.3, -0.25) is 4.79 Å². The van der Waals surface area contributed by atoms with Crippen molar-refractivity contribution >= 4 is 21.8 Å². The average molecular weight is 306 g/mol. The Balaban J connectivity index is 3.71. The molecule has 0 aromatic carbocycles. The van der Waals surface area contributed by atoms with Crippen molar-refractivity contribution in [3.63, 3.8) is 0 Å². The van der Waals surface area contributed by atoms with Crippen molar-refractivity contribution in [1.29, 1.82) is 0 Å². The first kappa shape index (κ1) is 15.7. The molecule has 0 aliphatic rings. The van der Waals surface area contributed by atoms with E-state index >= 15 is 0 Å². The SMILES string of the molecule is CCN(CCBr)C(=O)CCOCC(F)(F)F. The third-order valence-electron chi connectivity index (χ3n) is 1.81. The zero-order chi connectivity index (χ0) is 12.6. The lowest BCUT2D eigenvalue weighted by atomic mass is 10.3. The van der Waals surface area contributed by atoms with E-state index in [1.165, 1.54) is 0 Å². The van der Waals surface area contributed by atoms with Crippen molar-refractivity contribution < 1.29 is 22.7 Å². The van der Waals surface area contributed by atoms with Gasteiger partial charge in [-0.2, -0.15) is 13.2 Å². The number of nitrogens with zero attached hydrogens (tertiary/aromatic N) is 1. The van der Waals surface area contributed by atoms with Gasteiger partial charge in [0.1, 0.15) is 6.61 Å². The van der Waals surface area contributed by atoms with Crippen LogP contribution in [-0.2, 0) is 9.53 Å². The zero-order valence-electron chi connectivity index (χ0n) is 9.02. The molecule has 0 atom stereocenters. The molecule has 0 heterocycles. The molecule has 0 unspecified atom stereocenters. The monoisotopic (exact) mass is 305 g/mol. The van der Waals surface area contributed by atoms with Crippen molar-refractivity contribution in [1.82, 2.24) is 4.90 Å². The van der Waals surface area contributed by atoms with E-state index in [2.05, 4.69) is 20.7 Å². The highest BCUT2D eigenvalue weighted by Gasteiger charge is 2.27. The normalized spacial score (nSPS) is 11.6. The maximum Gasteiger partial charge on any atom is 0.411 e. The molecule has 0 aliphatic carbocycles. The molecule has 0 aliphatic heterocycles. The number of ether oxygens (including phenoxy) is 1. The standard InChI is InChI=1S/C9H15BrF3NO2/c1-2-14(5-4-10)8(15)3-6-16-7-9(11,12)13/h2-7H2,1H3. The molecule has 0 aromatic rings. The largest absolute Gasteiger partial charge is 0.411 e. The summed E-state index contributed by atoms with van der Waals surface area (Å²) in [6.45, 7) is 1.41. The highest BCUT2D eigenvalue weighted by atomic mass is 79.9. The van der Waals surface area contributed by atoms with Gasteiger partial charge in [0.05, 0.1) is 13.0 Å². The maximum atomic E-state index is 11.7. The Morgan fingerprint density at radius 2 is 2.06 bits per heavy atom. The van der Waals surface area contributed by atoms with Gasteiger partial charge in [0, 0.05) is 18.4 Å². The zero-order valence-corrected chi connectivity index (χ0v) is 10.6. The van der Waals surface area contributed by atoms with Gasteiger partial charge in [-0.25, -0.2) is 0 Å². The second kappa shape index (κ2) is 7.89. The van der Waals surface area contributed by atoms with Crippen LogP contribution in [0, 0.1) is 0 Å². The Morgan fingerprint density at radius 3 is 2.50 bits per heavy atom. The number of alkyl halides is 4. The molecule has 16 heavy (non-hydrogen) atoms. The first-order valence-electron chi connectivity index (χ1n) is 4.89. The van der Waals surface area contributed by atoms with E-state index in [9.17, 15) is 18.0 Å². The third-order valence-corrected chi connectivity index (χ3v) is 2.17. The summed E-state index contributed by atoms with van der Waals surface area (Å²) in [4.78, 5) is 13.0. The van der Waals surface area contributed by atoms with Gasteiger partial charge in [-0.15, -0.1) is 0 Å². The predicted molar refractivity (Wildman–Crippen MR) is 57.5 cm³/mol. The van der Waals surface area contributed by atoms with Crippen LogP contribution in [0.4, 0.5) is 13.2 Å². The van der Waals surface area contributed by atoms with Gasteiger partial charge in [0.15, 0.2) is 0 Å². The summed E-state index contributed by atoms with van der Waals surface area (Å²) in [6, 6.07) is 0. The molecule has 0 fully saturated rings. The quantitative estimate of drug-likeness (QED) is 0.533. The van der Waals surface area contributed by atoms with Gasteiger partial charge >= 0.3 is 6.18 Å². The Morgan fingerprint density at radius 1 is 1.44 bits per heavy atom. The number of amides is 1. The Kier molecular flexibility index (Phi) is 7.74. The van der Waals surface area contributed by atoms with Crippen LogP contribution >= 0.6 is 15.9 Å². The highest BCUT2D eigenvalue weighted by molar-refractivity contribution is 9.09. The number of carbonyl (C=O) groups is 1. The van der Waals surface area contributed by atoms with E-state index in [4.69, 9.17) is 0 Å². The molecule has 0 rings (SSSR count). The Bertz CT molecular complexity index is 211. The van der Waals surface area contributed by atoms with Gasteiger partial charge in [0.25, 0.3) is 0 Å². The van der Waals surface area contributed by atoms with Crippen molar-refractivity contribution in [2.75, 3.05) is 31.6 Å². The van der Waals surface area contributed by atoms with Crippen LogP contribution < -0.4 is 0 Å². The van der Waals surface area contributed by atoms with Gasteiger partial charge in [-0.1, -0.05) is 15.9 Å². The fourth-order valence-corrected chi connectivity index (χ4v) is 1.49. The van der Waals surface area contributed by atoms with Crippen LogP contribution in [-0.4, -0.2) is 48.6 Å². The fraction of sp³-hybridized carbons (Fsp3) is 0.889. The van der Waals surface area contributed by atoms with Crippen LogP contribution in [0.15, 0.2) is 0 Å². The first-order chi connectivity index (χ1) is 7.40. The predicted octanol–water partition coefficient (Wildman–Crippen LogP) is 2.20. The van der Waals surface area contributed by atoms with Crippen molar-refractivity contribution in [2.24, 2.45) is 0 Å². The van der Waals surface area contributed by atoms with Crippen molar-refractivity contribution in [2.45, 2.75) is 19.5 Å². The number of carbonyl (C=O) groups excluding carboxylic acids is 1. The average Bonchev–Trinajstić information content (AvgIpc) is 2.19. The van der Waals surface area contributed by atoms with E-state index in [1.54, 1.807) is 4.90 Å². The molecule has 0 N–H and O–H groups in total. The molecule has 0 radical (unpaired) electrons. The van der Waals surface area contributed by atoms with E-state index in [-0.39, 0.29) is 18.9 Å². The van der Waals surface area contributed by atoms with Crippen LogP contribution in [0.25, 0.3) is 0 Å². The van der Waals surface area contributed by atoms with Gasteiger partial charge < -0.3 is 9.64 Å². The molecule has 0 saturated carbocycles. The molecule has 1 amide bonds. The molecule has 0 spiro atoms. The number of rotatable bonds is 7. The van der Waals surface area contributed by atoms with Gasteiger partial charge in [0.2, 0.25) is 5.91 Å². The molecule has 0 aromatic heterocycles. The van der Waals surface area contributed by atoms with Crippen LogP contribution in [0.3, 0.4) is 0 Å². The van der Waals surface area contributed by atoms with Crippen molar-refractivity contribution in [3.05, 3.63) is 0 Å². The van der Waals surface area contributed by atoms with E-state index < -0.39 is 12.8 Å². The lowest BCUT2D eigenvalue weighted by molar-refractivity contribution is -0.175. The minimum absolute atomic E-state index is 0.0169. The lowest BCUT2D eigenvalue weighted by Gasteiger charge is -2.19. The maximum absolute atomic E-state index is 11.7. The molecule has 3 nitrogen and oxygen atoms in total. The highest BCUT2D eigenvalue weighted by Crippen LogP contribution is 2.14. The van der Waals surface area contributed by atoms with Crippen LogP contribution in [0.2, 0.25) is 0 Å². The van der Waals surface area contributed by atoms with E-state index in [1.807, 2.05) is 6.92 Å². The fourth-order valence-electron chi connectivity index (χ4n) is 1.07. The lowest BCUT2D eigenvalue weighted by Crippen LogP contribution is -2.33. The van der Waals surface area contributed by atoms with E-state index in [0.717, 1.165) is 0 Å². The summed E-state index contributed by atoms with van der Waals surface area (Å²) < 4.78 is 39.5. The van der Waals surface area contributed by atoms with Gasteiger partial charge in [-0.05, 0) is 6.92 Å². The first-order valence-corrected chi connectivity index (χ1v) is 6.01. The molecular weight excluding hydrogens is 291 g/mol. The minimum Gasteiger partial charge on any atom is -0.372 e. The second-order valence-corrected chi connectivity index (χ2v) is 3.87. The third kappa shape index (κ3) is 7.92. The summed E-state index contributed by atoms with van der Waals surface area (Å²) in [5.74, 6) is -0.191. The molecule has 7 heteroatoms. The number of halogens is 4. The number of hydrogen-bond donors (Lipinski definition) is 0. The van der Waals surface area contributed by atoms with E-state index in [0.29, 0.717) is 18.4 Å².